The maximum atomic E-state index is 12.5. The van der Waals surface area contributed by atoms with E-state index in [0.717, 1.165) is 11.1 Å². The van der Waals surface area contributed by atoms with Crippen LogP contribution in [0.15, 0.2) is 23.1 Å². The summed E-state index contributed by atoms with van der Waals surface area (Å²) >= 11 is 0. The number of aryl methyl sites for hydroxylation is 2. The van der Waals surface area contributed by atoms with Gasteiger partial charge in [0.05, 0.1) is 17.0 Å². The summed E-state index contributed by atoms with van der Waals surface area (Å²) < 4.78 is 26.2. The third-order valence-corrected chi connectivity index (χ3v) is 5.44. The molecule has 1 aromatic rings. The van der Waals surface area contributed by atoms with Crippen molar-refractivity contribution in [2.45, 2.75) is 38.1 Å². The van der Waals surface area contributed by atoms with Crippen LogP contribution in [0.2, 0.25) is 0 Å². The zero-order chi connectivity index (χ0) is 14.1. The fraction of sp³-hybridized carbons (Fsp3) is 0.538. The highest BCUT2D eigenvalue weighted by atomic mass is 32.2. The SMILES string of the molecule is Cc1ccc(S(=O)(=O)N(C)C(C)(C)CO)c(C)c1. The van der Waals surface area contributed by atoms with E-state index in [2.05, 4.69) is 0 Å². The molecule has 0 atom stereocenters. The summed E-state index contributed by atoms with van der Waals surface area (Å²) in [6, 6.07) is 5.23. The fourth-order valence-electron chi connectivity index (χ4n) is 1.66. The van der Waals surface area contributed by atoms with Crippen molar-refractivity contribution in [3.8, 4) is 0 Å². The van der Waals surface area contributed by atoms with Crippen LogP contribution in [0.5, 0.6) is 0 Å². The molecule has 4 nitrogen and oxygen atoms in total. The van der Waals surface area contributed by atoms with E-state index in [-0.39, 0.29) is 11.5 Å². The van der Waals surface area contributed by atoms with E-state index in [1.165, 1.54) is 11.4 Å². The Labute approximate surface area is 109 Å². The molecule has 0 aromatic heterocycles. The van der Waals surface area contributed by atoms with Crippen molar-refractivity contribution in [3.63, 3.8) is 0 Å². The van der Waals surface area contributed by atoms with Gasteiger partial charge in [-0.3, -0.25) is 0 Å². The number of aliphatic hydroxyl groups is 1. The zero-order valence-electron chi connectivity index (χ0n) is 11.6. The summed E-state index contributed by atoms with van der Waals surface area (Å²) in [5.41, 5.74) is 0.919. The highest BCUT2D eigenvalue weighted by Gasteiger charge is 2.34. The van der Waals surface area contributed by atoms with Crippen LogP contribution in [0.1, 0.15) is 25.0 Å². The monoisotopic (exact) mass is 271 g/mol. The number of hydrogen-bond acceptors (Lipinski definition) is 3. The van der Waals surface area contributed by atoms with Crippen molar-refractivity contribution in [1.29, 1.82) is 0 Å². The molecule has 1 aromatic carbocycles. The molecule has 0 radical (unpaired) electrons. The Morgan fingerprint density at radius 3 is 2.28 bits per heavy atom. The second-order valence-corrected chi connectivity index (χ2v) is 7.15. The quantitative estimate of drug-likeness (QED) is 0.906. The third kappa shape index (κ3) is 2.74. The Balaban J connectivity index is 3.30. The lowest BCUT2D eigenvalue weighted by Gasteiger charge is -2.33. The van der Waals surface area contributed by atoms with Crippen molar-refractivity contribution in [1.82, 2.24) is 4.31 Å². The van der Waals surface area contributed by atoms with E-state index in [1.54, 1.807) is 32.9 Å². The van der Waals surface area contributed by atoms with Gasteiger partial charge in [0.2, 0.25) is 10.0 Å². The summed E-state index contributed by atoms with van der Waals surface area (Å²) in [6.45, 7) is 6.85. The lowest BCUT2D eigenvalue weighted by Crippen LogP contribution is -2.47. The molecule has 0 aliphatic carbocycles. The average Bonchev–Trinajstić information content (AvgIpc) is 2.27. The Bertz CT molecular complexity index is 535. The first-order valence-electron chi connectivity index (χ1n) is 5.80. The minimum atomic E-state index is -3.58. The van der Waals surface area contributed by atoms with Crippen molar-refractivity contribution < 1.29 is 13.5 Å². The molecule has 102 valence electrons. The van der Waals surface area contributed by atoms with Gasteiger partial charge in [0.1, 0.15) is 0 Å². The van der Waals surface area contributed by atoms with Crippen LogP contribution in [0.25, 0.3) is 0 Å². The minimum absolute atomic E-state index is 0.229. The van der Waals surface area contributed by atoms with E-state index >= 15 is 0 Å². The summed E-state index contributed by atoms with van der Waals surface area (Å²) in [5, 5.41) is 9.28. The Morgan fingerprint density at radius 1 is 1.28 bits per heavy atom. The normalized spacial score (nSPS) is 13.1. The van der Waals surface area contributed by atoms with Gasteiger partial charge in [0, 0.05) is 7.05 Å². The number of benzene rings is 1. The lowest BCUT2D eigenvalue weighted by molar-refractivity contribution is 0.138. The van der Waals surface area contributed by atoms with E-state index in [1.807, 2.05) is 13.0 Å². The Kier molecular flexibility index (Phi) is 4.20. The van der Waals surface area contributed by atoms with Crippen molar-refractivity contribution in [3.05, 3.63) is 29.3 Å². The molecule has 1 N–H and O–H groups in total. The third-order valence-electron chi connectivity index (χ3n) is 3.21. The largest absolute Gasteiger partial charge is 0.394 e. The number of sulfonamides is 1. The molecular formula is C13H21NO3S. The highest BCUT2D eigenvalue weighted by Crippen LogP contribution is 2.25. The molecule has 0 amide bonds. The predicted octanol–water partition coefficient (Wildman–Crippen LogP) is 1.69. The first-order chi connectivity index (χ1) is 8.13. The van der Waals surface area contributed by atoms with Gasteiger partial charge in [-0.25, -0.2) is 8.42 Å². The Hall–Kier alpha value is -0.910. The van der Waals surface area contributed by atoms with Gasteiger partial charge in [-0.1, -0.05) is 17.7 Å². The van der Waals surface area contributed by atoms with Gasteiger partial charge in [-0.05, 0) is 39.3 Å². The highest BCUT2D eigenvalue weighted by molar-refractivity contribution is 7.89. The number of rotatable bonds is 4. The topological polar surface area (TPSA) is 57.6 Å². The summed E-state index contributed by atoms with van der Waals surface area (Å²) in [5.74, 6) is 0. The van der Waals surface area contributed by atoms with Gasteiger partial charge in [-0.2, -0.15) is 4.31 Å². The first kappa shape index (κ1) is 15.1. The maximum absolute atomic E-state index is 12.5. The second-order valence-electron chi connectivity index (χ2n) is 5.21. The van der Waals surface area contributed by atoms with Crippen molar-refractivity contribution in [2.24, 2.45) is 0 Å². The van der Waals surface area contributed by atoms with E-state index in [9.17, 15) is 13.5 Å². The molecule has 0 saturated heterocycles. The van der Waals surface area contributed by atoms with E-state index in [0.29, 0.717) is 0 Å². The van der Waals surface area contributed by atoms with Gasteiger partial charge in [-0.15, -0.1) is 0 Å². The molecule has 0 aliphatic heterocycles. The molecule has 0 heterocycles. The molecule has 18 heavy (non-hydrogen) atoms. The molecule has 0 saturated carbocycles. The van der Waals surface area contributed by atoms with E-state index < -0.39 is 15.6 Å². The van der Waals surface area contributed by atoms with Gasteiger partial charge in [0.25, 0.3) is 0 Å². The second kappa shape index (κ2) is 4.99. The molecule has 0 bridgehead atoms. The van der Waals surface area contributed by atoms with Gasteiger partial charge in [0.15, 0.2) is 0 Å². The number of hydrogen-bond donors (Lipinski definition) is 1. The van der Waals surface area contributed by atoms with E-state index in [4.69, 9.17) is 0 Å². The summed E-state index contributed by atoms with van der Waals surface area (Å²) in [6.07, 6.45) is 0. The molecule has 1 rings (SSSR count). The summed E-state index contributed by atoms with van der Waals surface area (Å²) in [4.78, 5) is 0.289. The van der Waals surface area contributed by atoms with Crippen LogP contribution in [0.3, 0.4) is 0 Å². The molecule has 5 heteroatoms. The van der Waals surface area contributed by atoms with Crippen LogP contribution in [0.4, 0.5) is 0 Å². The maximum Gasteiger partial charge on any atom is 0.243 e. The molecule has 0 unspecified atom stereocenters. The molecular weight excluding hydrogens is 250 g/mol. The molecule has 0 aliphatic rings. The fourth-order valence-corrected chi connectivity index (χ4v) is 3.37. The standard InChI is InChI=1S/C13H21NO3S/c1-10-6-7-12(11(2)8-10)18(16,17)14(5)13(3,4)9-15/h6-8,15H,9H2,1-5H3. The van der Waals surface area contributed by atoms with Crippen molar-refractivity contribution in [2.75, 3.05) is 13.7 Å². The Morgan fingerprint density at radius 2 is 1.83 bits per heavy atom. The van der Waals surface area contributed by atoms with Crippen molar-refractivity contribution >= 4 is 10.0 Å². The number of aliphatic hydroxyl groups excluding tert-OH is 1. The summed E-state index contributed by atoms with van der Waals surface area (Å²) in [7, 11) is -2.09. The number of nitrogens with zero attached hydrogens (tertiary/aromatic N) is 1. The van der Waals surface area contributed by atoms with Gasteiger partial charge >= 0.3 is 0 Å². The zero-order valence-corrected chi connectivity index (χ0v) is 12.4. The number of likely N-dealkylation sites (N-methyl/N-ethyl adjacent to an activating group) is 1. The van der Waals surface area contributed by atoms with Crippen LogP contribution >= 0.6 is 0 Å². The van der Waals surface area contributed by atoms with Crippen LogP contribution < -0.4 is 0 Å². The lowest BCUT2D eigenvalue weighted by atomic mass is 10.1. The molecule has 0 fully saturated rings. The smallest absolute Gasteiger partial charge is 0.243 e. The van der Waals surface area contributed by atoms with Crippen LogP contribution in [-0.2, 0) is 10.0 Å². The van der Waals surface area contributed by atoms with Crippen LogP contribution in [-0.4, -0.2) is 37.0 Å². The van der Waals surface area contributed by atoms with Crippen LogP contribution in [0, 0.1) is 13.8 Å². The molecule has 0 spiro atoms. The minimum Gasteiger partial charge on any atom is -0.394 e. The predicted molar refractivity (Wildman–Crippen MR) is 72.0 cm³/mol. The average molecular weight is 271 g/mol. The first-order valence-corrected chi connectivity index (χ1v) is 7.24. The van der Waals surface area contributed by atoms with Gasteiger partial charge < -0.3 is 5.11 Å².